The first-order chi connectivity index (χ1) is 10.1. The second-order valence-electron chi connectivity index (χ2n) is 4.90. The summed E-state index contributed by atoms with van der Waals surface area (Å²) < 4.78 is 24.5. The molecule has 3 rings (SSSR count). The van der Waals surface area contributed by atoms with E-state index < -0.39 is 18.0 Å². The highest BCUT2D eigenvalue weighted by Gasteiger charge is 2.31. The van der Waals surface area contributed by atoms with Gasteiger partial charge in [-0.15, -0.1) is 0 Å². The number of aliphatic hydroxyl groups excluding tert-OH is 1. The lowest BCUT2D eigenvalue weighted by molar-refractivity contribution is 0.0642. The topological polar surface area (TPSA) is 38.7 Å². The van der Waals surface area contributed by atoms with Crippen molar-refractivity contribution in [2.75, 3.05) is 7.11 Å². The van der Waals surface area contributed by atoms with Crippen LogP contribution >= 0.6 is 11.6 Å². The second kappa shape index (κ2) is 5.54. The second-order valence-corrected chi connectivity index (χ2v) is 5.30. The molecule has 1 aliphatic rings. The third-order valence-corrected chi connectivity index (χ3v) is 3.92. The Labute approximate surface area is 126 Å². The molecule has 3 nitrogen and oxygen atoms in total. The van der Waals surface area contributed by atoms with Crippen LogP contribution in [0.2, 0.25) is 5.02 Å². The molecule has 0 fully saturated rings. The number of benzene rings is 2. The Morgan fingerprint density at radius 3 is 2.90 bits per heavy atom. The number of halogens is 2. The summed E-state index contributed by atoms with van der Waals surface area (Å²) in [5.74, 6) is 0.664. The van der Waals surface area contributed by atoms with Crippen LogP contribution in [0.25, 0.3) is 0 Å². The lowest BCUT2D eigenvalue weighted by Gasteiger charge is -2.31. The van der Waals surface area contributed by atoms with E-state index in [4.69, 9.17) is 21.1 Å². The highest BCUT2D eigenvalue weighted by molar-refractivity contribution is 6.31. The van der Waals surface area contributed by atoms with Crippen LogP contribution in [0.15, 0.2) is 36.4 Å². The van der Waals surface area contributed by atoms with E-state index >= 15 is 0 Å². The van der Waals surface area contributed by atoms with Crippen LogP contribution in [-0.4, -0.2) is 12.2 Å². The van der Waals surface area contributed by atoms with Gasteiger partial charge in [-0.3, -0.25) is 0 Å². The van der Waals surface area contributed by atoms with Crippen molar-refractivity contribution < 1.29 is 19.0 Å². The lowest BCUT2D eigenvalue weighted by atomic mass is 9.94. The molecule has 0 bridgehead atoms. The SMILES string of the molecule is COc1cccc(Cl)c1C1CC(O)c2cc(F)ccc2O1. The minimum absolute atomic E-state index is 0.288. The zero-order valence-corrected chi connectivity index (χ0v) is 12.1. The summed E-state index contributed by atoms with van der Waals surface area (Å²) in [7, 11) is 1.55. The van der Waals surface area contributed by atoms with Crippen LogP contribution in [0.4, 0.5) is 4.39 Å². The summed E-state index contributed by atoms with van der Waals surface area (Å²) in [5, 5.41) is 10.8. The van der Waals surface area contributed by atoms with Gasteiger partial charge in [0, 0.05) is 12.0 Å². The normalized spacial score (nSPS) is 20.6. The van der Waals surface area contributed by atoms with Gasteiger partial charge in [0.2, 0.25) is 0 Å². The molecular weight excluding hydrogens is 295 g/mol. The van der Waals surface area contributed by atoms with Crippen molar-refractivity contribution in [2.24, 2.45) is 0 Å². The van der Waals surface area contributed by atoms with E-state index in [0.717, 1.165) is 0 Å². The van der Waals surface area contributed by atoms with Crippen LogP contribution in [-0.2, 0) is 0 Å². The van der Waals surface area contributed by atoms with Crippen molar-refractivity contribution >= 4 is 11.6 Å². The third kappa shape index (κ3) is 2.57. The van der Waals surface area contributed by atoms with Crippen molar-refractivity contribution in [2.45, 2.75) is 18.6 Å². The van der Waals surface area contributed by atoms with Crippen molar-refractivity contribution in [3.63, 3.8) is 0 Å². The molecule has 21 heavy (non-hydrogen) atoms. The maximum atomic E-state index is 13.3. The summed E-state index contributed by atoms with van der Waals surface area (Å²) in [4.78, 5) is 0. The van der Waals surface area contributed by atoms with Crippen molar-refractivity contribution in [3.8, 4) is 11.5 Å². The summed E-state index contributed by atoms with van der Waals surface area (Å²) in [6, 6.07) is 9.43. The first-order valence-corrected chi connectivity index (χ1v) is 6.94. The summed E-state index contributed by atoms with van der Waals surface area (Å²) in [5.41, 5.74) is 1.15. The van der Waals surface area contributed by atoms with Gasteiger partial charge in [0.25, 0.3) is 0 Å². The molecule has 0 aromatic heterocycles. The maximum absolute atomic E-state index is 13.3. The standard InChI is InChI=1S/C16H14ClFO3/c1-20-14-4-2-3-11(17)16(14)15-8-12(19)10-7-9(18)5-6-13(10)21-15/h2-7,12,15,19H,8H2,1H3. The Kier molecular flexibility index (Phi) is 3.74. The monoisotopic (exact) mass is 308 g/mol. The quantitative estimate of drug-likeness (QED) is 0.910. The predicted molar refractivity (Wildman–Crippen MR) is 77.3 cm³/mol. The molecule has 0 saturated heterocycles. The van der Waals surface area contributed by atoms with Crippen LogP contribution in [0.3, 0.4) is 0 Å². The third-order valence-electron chi connectivity index (χ3n) is 3.59. The van der Waals surface area contributed by atoms with Crippen LogP contribution in [0, 0.1) is 5.82 Å². The Morgan fingerprint density at radius 2 is 2.14 bits per heavy atom. The number of aliphatic hydroxyl groups is 1. The number of hydrogen-bond donors (Lipinski definition) is 1. The molecule has 2 aromatic carbocycles. The van der Waals surface area contributed by atoms with E-state index in [1.165, 1.54) is 18.2 Å². The number of ether oxygens (including phenoxy) is 2. The van der Waals surface area contributed by atoms with Gasteiger partial charge in [0.05, 0.1) is 23.8 Å². The van der Waals surface area contributed by atoms with Crippen molar-refractivity contribution in [3.05, 3.63) is 58.4 Å². The fourth-order valence-electron chi connectivity index (χ4n) is 2.60. The zero-order valence-electron chi connectivity index (χ0n) is 11.3. The fraction of sp³-hybridized carbons (Fsp3) is 0.250. The van der Waals surface area contributed by atoms with Gasteiger partial charge in [0.1, 0.15) is 23.4 Å². The van der Waals surface area contributed by atoms with Crippen LogP contribution in [0.1, 0.15) is 29.8 Å². The molecule has 0 amide bonds. The van der Waals surface area contributed by atoms with E-state index in [1.807, 2.05) is 0 Å². The molecule has 0 radical (unpaired) electrons. The minimum Gasteiger partial charge on any atom is -0.496 e. The Balaban J connectivity index is 2.02. The highest BCUT2D eigenvalue weighted by Crippen LogP contribution is 2.45. The smallest absolute Gasteiger partial charge is 0.132 e. The first-order valence-electron chi connectivity index (χ1n) is 6.56. The van der Waals surface area contributed by atoms with E-state index in [0.29, 0.717) is 27.6 Å². The van der Waals surface area contributed by atoms with Gasteiger partial charge < -0.3 is 14.6 Å². The Bertz CT molecular complexity index is 675. The molecule has 1 heterocycles. The molecule has 2 unspecified atom stereocenters. The summed E-state index contributed by atoms with van der Waals surface area (Å²) in [6.45, 7) is 0. The summed E-state index contributed by atoms with van der Waals surface area (Å²) in [6.07, 6.45) is -0.964. The highest BCUT2D eigenvalue weighted by atomic mass is 35.5. The van der Waals surface area contributed by atoms with Gasteiger partial charge in [0.15, 0.2) is 0 Å². The lowest BCUT2D eigenvalue weighted by Crippen LogP contribution is -2.20. The van der Waals surface area contributed by atoms with E-state index in [-0.39, 0.29) is 6.42 Å². The van der Waals surface area contributed by atoms with Crippen molar-refractivity contribution in [1.82, 2.24) is 0 Å². The molecule has 0 spiro atoms. The van der Waals surface area contributed by atoms with E-state index in [2.05, 4.69) is 0 Å². The fourth-order valence-corrected chi connectivity index (χ4v) is 2.89. The zero-order chi connectivity index (χ0) is 15.0. The van der Waals surface area contributed by atoms with Crippen molar-refractivity contribution in [1.29, 1.82) is 0 Å². The molecule has 110 valence electrons. The number of hydrogen-bond acceptors (Lipinski definition) is 3. The largest absolute Gasteiger partial charge is 0.496 e. The first kappa shape index (κ1) is 14.2. The molecule has 0 aliphatic carbocycles. The molecule has 2 aromatic rings. The van der Waals surface area contributed by atoms with E-state index in [1.54, 1.807) is 25.3 Å². The van der Waals surface area contributed by atoms with Gasteiger partial charge in [-0.2, -0.15) is 0 Å². The number of rotatable bonds is 2. The number of fused-ring (bicyclic) bond motifs is 1. The average molecular weight is 309 g/mol. The molecular formula is C16H14ClFO3. The summed E-state index contributed by atoms with van der Waals surface area (Å²) >= 11 is 6.24. The Morgan fingerprint density at radius 1 is 1.33 bits per heavy atom. The molecule has 5 heteroatoms. The molecule has 0 saturated carbocycles. The molecule has 2 atom stereocenters. The van der Waals surface area contributed by atoms with Gasteiger partial charge in [-0.25, -0.2) is 4.39 Å². The van der Waals surface area contributed by atoms with E-state index in [9.17, 15) is 9.50 Å². The molecule has 1 N–H and O–H groups in total. The van der Waals surface area contributed by atoms with Crippen LogP contribution < -0.4 is 9.47 Å². The Hall–Kier alpha value is -1.78. The number of methoxy groups -OCH3 is 1. The average Bonchev–Trinajstić information content (AvgIpc) is 2.47. The van der Waals surface area contributed by atoms with Crippen LogP contribution in [0.5, 0.6) is 11.5 Å². The maximum Gasteiger partial charge on any atom is 0.132 e. The van der Waals surface area contributed by atoms with Gasteiger partial charge >= 0.3 is 0 Å². The van der Waals surface area contributed by atoms with Gasteiger partial charge in [-0.1, -0.05) is 17.7 Å². The van der Waals surface area contributed by atoms with Gasteiger partial charge in [-0.05, 0) is 30.3 Å². The molecule has 1 aliphatic heterocycles. The minimum atomic E-state index is -0.810. The predicted octanol–water partition coefficient (Wildman–Crippen LogP) is 4.04.